The first-order chi connectivity index (χ1) is 8.99. The zero-order valence-corrected chi connectivity index (χ0v) is 12.8. The first-order valence-electron chi connectivity index (χ1n) is 5.51. The van der Waals surface area contributed by atoms with Crippen molar-refractivity contribution in [1.82, 2.24) is 0 Å². The van der Waals surface area contributed by atoms with E-state index in [-0.39, 0.29) is 10.6 Å². The predicted octanol–water partition coefficient (Wildman–Crippen LogP) is 5.55. The van der Waals surface area contributed by atoms with Gasteiger partial charge in [-0.1, -0.05) is 34.1 Å². The van der Waals surface area contributed by atoms with Crippen LogP contribution in [-0.4, -0.2) is 0 Å². The van der Waals surface area contributed by atoms with Crippen molar-refractivity contribution in [2.45, 2.75) is 11.2 Å². The zero-order valence-electron chi connectivity index (χ0n) is 9.64. The molecule has 0 bridgehead atoms. The van der Waals surface area contributed by atoms with Crippen LogP contribution in [0.2, 0.25) is 0 Å². The highest BCUT2D eigenvalue weighted by atomic mass is 79.9. The first-order valence-corrected chi connectivity index (χ1v) is 7.22. The van der Waals surface area contributed by atoms with E-state index < -0.39 is 11.6 Å². The molecule has 2 aromatic rings. The molecular formula is C14H9Br2F3. The molecule has 0 saturated heterocycles. The molecule has 1 atom stereocenters. The Morgan fingerprint density at radius 3 is 2.42 bits per heavy atom. The third-order valence-electron chi connectivity index (χ3n) is 2.72. The van der Waals surface area contributed by atoms with Crippen LogP contribution < -0.4 is 0 Å². The summed E-state index contributed by atoms with van der Waals surface area (Å²) in [6.45, 7) is 0. The van der Waals surface area contributed by atoms with Crippen molar-refractivity contribution >= 4 is 31.9 Å². The lowest BCUT2D eigenvalue weighted by Gasteiger charge is -2.12. The number of hydrogen-bond acceptors (Lipinski definition) is 0. The second-order valence-electron chi connectivity index (χ2n) is 4.06. The number of alkyl halides is 1. The van der Waals surface area contributed by atoms with Gasteiger partial charge in [0.25, 0.3) is 0 Å². The molecule has 0 radical (unpaired) electrons. The molecule has 2 rings (SSSR count). The van der Waals surface area contributed by atoms with Gasteiger partial charge in [-0.15, -0.1) is 0 Å². The minimum Gasteiger partial charge on any atom is -0.205 e. The van der Waals surface area contributed by atoms with Gasteiger partial charge in [0.05, 0.1) is 4.47 Å². The third kappa shape index (κ3) is 3.39. The fourth-order valence-corrected chi connectivity index (χ4v) is 2.85. The minimum absolute atomic E-state index is 0.310. The van der Waals surface area contributed by atoms with Crippen molar-refractivity contribution in [3.05, 3.63) is 69.4 Å². The molecule has 100 valence electrons. The highest BCUT2D eigenvalue weighted by Gasteiger charge is 2.15. The highest BCUT2D eigenvalue weighted by molar-refractivity contribution is 9.10. The van der Waals surface area contributed by atoms with Crippen LogP contribution in [-0.2, 0) is 6.42 Å². The molecule has 5 heteroatoms. The Hall–Kier alpha value is -0.810. The van der Waals surface area contributed by atoms with E-state index in [4.69, 9.17) is 0 Å². The molecule has 0 heterocycles. The van der Waals surface area contributed by atoms with Crippen molar-refractivity contribution in [2.75, 3.05) is 0 Å². The van der Waals surface area contributed by atoms with Crippen molar-refractivity contribution in [2.24, 2.45) is 0 Å². The summed E-state index contributed by atoms with van der Waals surface area (Å²) in [6.07, 6.45) is 0.366. The Morgan fingerprint density at radius 1 is 1.00 bits per heavy atom. The molecule has 0 aliphatic rings. The van der Waals surface area contributed by atoms with Crippen LogP contribution in [0.4, 0.5) is 13.2 Å². The van der Waals surface area contributed by atoms with Crippen molar-refractivity contribution in [3.63, 3.8) is 0 Å². The number of hydrogen-bond donors (Lipinski definition) is 0. The van der Waals surface area contributed by atoms with Crippen molar-refractivity contribution in [3.8, 4) is 0 Å². The number of halogens is 5. The lowest BCUT2D eigenvalue weighted by Crippen LogP contribution is -2.00. The molecule has 0 aliphatic heterocycles. The first kappa shape index (κ1) is 14.6. The maximum Gasteiger partial charge on any atom is 0.159 e. The van der Waals surface area contributed by atoms with Gasteiger partial charge in [-0.3, -0.25) is 0 Å². The number of rotatable bonds is 3. The normalized spacial score (nSPS) is 12.5. The Labute approximate surface area is 125 Å². The SMILES string of the molecule is Fc1ccc(CC(Br)c2cccc(Br)c2F)cc1F. The Morgan fingerprint density at radius 2 is 1.74 bits per heavy atom. The molecule has 1 unspecified atom stereocenters. The molecule has 0 N–H and O–H groups in total. The molecule has 0 saturated carbocycles. The molecule has 0 fully saturated rings. The summed E-state index contributed by atoms with van der Waals surface area (Å²) >= 11 is 6.49. The van der Waals surface area contributed by atoms with Gasteiger partial charge >= 0.3 is 0 Å². The maximum atomic E-state index is 13.9. The summed E-state index contributed by atoms with van der Waals surface area (Å²) in [7, 11) is 0. The lowest BCUT2D eigenvalue weighted by molar-refractivity contribution is 0.507. The largest absolute Gasteiger partial charge is 0.205 e. The van der Waals surface area contributed by atoms with E-state index in [1.54, 1.807) is 18.2 Å². The summed E-state index contributed by atoms with van der Waals surface area (Å²) in [5, 5.41) is 0. The average molecular weight is 394 g/mol. The molecule has 0 aromatic heterocycles. The molecule has 0 nitrogen and oxygen atoms in total. The van der Waals surface area contributed by atoms with Crippen LogP contribution in [0, 0.1) is 17.5 Å². The van der Waals surface area contributed by atoms with E-state index in [2.05, 4.69) is 31.9 Å². The summed E-state index contributed by atoms with van der Waals surface area (Å²) in [5.74, 6) is -2.14. The second-order valence-corrected chi connectivity index (χ2v) is 6.02. The van der Waals surface area contributed by atoms with Gasteiger partial charge in [0.15, 0.2) is 11.6 Å². The molecular weight excluding hydrogens is 385 g/mol. The maximum absolute atomic E-state index is 13.9. The van der Waals surface area contributed by atoms with Gasteiger partial charge in [0, 0.05) is 10.4 Å². The van der Waals surface area contributed by atoms with Crippen LogP contribution in [0.5, 0.6) is 0 Å². The minimum atomic E-state index is -0.896. The van der Waals surface area contributed by atoms with Gasteiger partial charge in [0.1, 0.15) is 5.82 Å². The Balaban J connectivity index is 2.23. The van der Waals surface area contributed by atoms with Gasteiger partial charge in [0.2, 0.25) is 0 Å². The van der Waals surface area contributed by atoms with Gasteiger partial charge in [-0.2, -0.15) is 0 Å². The average Bonchev–Trinajstić information content (AvgIpc) is 2.37. The lowest BCUT2D eigenvalue weighted by atomic mass is 10.0. The van der Waals surface area contributed by atoms with Gasteiger partial charge in [-0.05, 0) is 46.1 Å². The Bertz CT molecular complexity index is 599. The molecule has 2 aromatic carbocycles. The monoisotopic (exact) mass is 392 g/mol. The molecule has 0 aliphatic carbocycles. The van der Waals surface area contributed by atoms with Crippen molar-refractivity contribution in [1.29, 1.82) is 0 Å². The van der Waals surface area contributed by atoms with Crippen LogP contribution in [0.3, 0.4) is 0 Å². The van der Waals surface area contributed by atoms with Crippen LogP contribution in [0.15, 0.2) is 40.9 Å². The topological polar surface area (TPSA) is 0 Å². The van der Waals surface area contributed by atoms with E-state index >= 15 is 0 Å². The molecule has 0 spiro atoms. The van der Waals surface area contributed by atoms with Gasteiger partial charge < -0.3 is 0 Å². The summed E-state index contributed by atoms with van der Waals surface area (Å²) in [4.78, 5) is -0.310. The van der Waals surface area contributed by atoms with E-state index in [0.29, 0.717) is 22.0 Å². The van der Waals surface area contributed by atoms with Gasteiger partial charge in [-0.25, -0.2) is 13.2 Å². The third-order valence-corrected chi connectivity index (χ3v) is 4.15. The Kier molecular flexibility index (Phi) is 4.68. The van der Waals surface area contributed by atoms with E-state index in [1.807, 2.05) is 0 Å². The number of benzene rings is 2. The molecule has 0 amide bonds. The smallest absolute Gasteiger partial charge is 0.159 e. The predicted molar refractivity (Wildman–Crippen MR) is 75.8 cm³/mol. The summed E-state index contributed by atoms with van der Waals surface area (Å²) < 4.78 is 40.2. The fourth-order valence-electron chi connectivity index (χ4n) is 1.75. The standard InChI is InChI=1S/C14H9Br2F3/c15-10-3-1-2-9(14(10)19)11(16)6-8-4-5-12(17)13(18)7-8/h1-5,7,11H,6H2. The summed E-state index contributed by atoms with van der Waals surface area (Å²) in [5.41, 5.74) is 1.07. The fraction of sp³-hybridized carbons (Fsp3) is 0.143. The summed E-state index contributed by atoms with van der Waals surface area (Å²) in [6, 6.07) is 8.67. The van der Waals surface area contributed by atoms with Crippen molar-refractivity contribution < 1.29 is 13.2 Å². The van der Waals surface area contributed by atoms with E-state index in [9.17, 15) is 13.2 Å². The van der Waals surface area contributed by atoms with E-state index in [1.165, 1.54) is 6.07 Å². The van der Waals surface area contributed by atoms with E-state index in [0.717, 1.165) is 12.1 Å². The molecule has 19 heavy (non-hydrogen) atoms. The second kappa shape index (κ2) is 6.09. The van der Waals surface area contributed by atoms with Crippen LogP contribution in [0.25, 0.3) is 0 Å². The van der Waals surface area contributed by atoms with Crippen LogP contribution in [0.1, 0.15) is 16.0 Å². The highest BCUT2D eigenvalue weighted by Crippen LogP contribution is 2.32. The quantitative estimate of drug-likeness (QED) is 0.600. The van der Waals surface area contributed by atoms with Crippen LogP contribution >= 0.6 is 31.9 Å². The zero-order chi connectivity index (χ0) is 14.0.